The minimum atomic E-state index is -2.50. The third kappa shape index (κ3) is 3.05. The fraction of sp³-hybridized carbons (Fsp3) is 0.750. The molecular formula is C12H19F2N3S. The topological polar surface area (TPSA) is 42.1 Å². The summed E-state index contributed by atoms with van der Waals surface area (Å²) in [5.74, 6) is -2.50. The molecule has 1 aliphatic heterocycles. The van der Waals surface area contributed by atoms with Gasteiger partial charge < -0.3 is 5.73 Å². The van der Waals surface area contributed by atoms with Crippen molar-refractivity contribution in [3.05, 3.63) is 16.1 Å². The van der Waals surface area contributed by atoms with Crippen LogP contribution in [0.5, 0.6) is 0 Å². The third-order valence-corrected chi connectivity index (χ3v) is 4.64. The highest BCUT2D eigenvalue weighted by Gasteiger charge is 2.36. The van der Waals surface area contributed by atoms with E-state index in [4.69, 9.17) is 5.73 Å². The van der Waals surface area contributed by atoms with E-state index in [1.54, 1.807) is 11.3 Å². The van der Waals surface area contributed by atoms with Crippen molar-refractivity contribution in [3.8, 4) is 0 Å². The van der Waals surface area contributed by atoms with Crippen molar-refractivity contribution in [2.75, 3.05) is 19.6 Å². The molecule has 1 aromatic rings. The van der Waals surface area contributed by atoms with Crippen LogP contribution in [-0.2, 0) is 6.42 Å². The lowest BCUT2D eigenvalue weighted by Crippen LogP contribution is -2.43. The average Bonchev–Trinajstić information content (AvgIpc) is 2.81. The van der Waals surface area contributed by atoms with Gasteiger partial charge in [0.1, 0.15) is 0 Å². The molecule has 1 aromatic heterocycles. The number of nitrogens with zero attached hydrogens (tertiary/aromatic N) is 2. The zero-order valence-electron chi connectivity index (χ0n) is 10.5. The van der Waals surface area contributed by atoms with Crippen LogP contribution in [0.25, 0.3) is 0 Å². The van der Waals surface area contributed by atoms with E-state index in [1.807, 2.05) is 6.20 Å². The first-order valence-corrected chi connectivity index (χ1v) is 7.14. The number of hydrogen-bond donors (Lipinski definition) is 1. The summed E-state index contributed by atoms with van der Waals surface area (Å²) in [5.41, 5.74) is 5.80. The zero-order chi connectivity index (χ0) is 13.2. The van der Waals surface area contributed by atoms with Crippen LogP contribution in [0.3, 0.4) is 0 Å². The second kappa shape index (κ2) is 5.59. The van der Waals surface area contributed by atoms with E-state index in [0.29, 0.717) is 19.6 Å². The molecule has 3 nitrogen and oxygen atoms in total. The molecule has 0 radical (unpaired) electrons. The van der Waals surface area contributed by atoms with E-state index in [0.717, 1.165) is 16.3 Å². The molecule has 0 aliphatic carbocycles. The fourth-order valence-corrected chi connectivity index (χ4v) is 3.26. The Bertz CT molecular complexity index is 384. The molecule has 1 atom stereocenters. The number of rotatable bonds is 4. The number of halogens is 2. The molecule has 6 heteroatoms. The van der Waals surface area contributed by atoms with Gasteiger partial charge in [-0.2, -0.15) is 0 Å². The Balaban J connectivity index is 2.05. The van der Waals surface area contributed by atoms with Gasteiger partial charge in [0.15, 0.2) is 0 Å². The molecule has 102 valence electrons. The molecular weight excluding hydrogens is 256 g/mol. The fourth-order valence-electron chi connectivity index (χ4n) is 2.25. The Hall–Kier alpha value is -0.590. The van der Waals surface area contributed by atoms with Crippen molar-refractivity contribution in [1.82, 2.24) is 9.88 Å². The van der Waals surface area contributed by atoms with Crippen molar-refractivity contribution < 1.29 is 8.78 Å². The first-order chi connectivity index (χ1) is 8.55. The van der Waals surface area contributed by atoms with Crippen LogP contribution >= 0.6 is 11.3 Å². The summed E-state index contributed by atoms with van der Waals surface area (Å²) in [7, 11) is 0. The summed E-state index contributed by atoms with van der Waals surface area (Å²) in [6, 6.07) is 0.0406. The van der Waals surface area contributed by atoms with Gasteiger partial charge in [-0.3, -0.25) is 4.90 Å². The third-order valence-electron chi connectivity index (χ3n) is 3.40. The van der Waals surface area contributed by atoms with E-state index >= 15 is 0 Å². The maximum atomic E-state index is 13.1. The lowest BCUT2D eigenvalue weighted by Gasteiger charge is -2.36. The van der Waals surface area contributed by atoms with Crippen LogP contribution in [0.4, 0.5) is 8.78 Å². The number of aryl methyl sites for hydroxylation is 1. The standard InChI is InChI=1S/C12H19F2N3S/c1-2-11-16-8-10(18-11)9(7-15)17-5-3-12(13,14)4-6-17/h8-9H,2-7,15H2,1H3. The number of likely N-dealkylation sites (tertiary alicyclic amines) is 1. The first kappa shape index (κ1) is 13.8. The van der Waals surface area contributed by atoms with Crippen molar-refractivity contribution >= 4 is 11.3 Å². The van der Waals surface area contributed by atoms with Gasteiger partial charge in [-0.1, -0.05) is 6.92 Å². The minimum Gasteiger partial charge on any atom is -0.329 e. The number of aromatic nitrogens is 1. The number of alkyl halides is 2. The van der Waals surface area contributed by atoms with Gasteiger partial charge in [-0.05, 0) is 6.42 Å². The molecule has 2 N–H and O–H groups in total. The summed E-state index contributed by atoms with van der Waals surface area (Å²) < 4.78 is 26.3. The minimum absolute atomic E-state index is 0.0406. The molecule has 1 saturated heterocycles. The van der Waals surface area contributed by atoms with E-state index in [-0.39, 0.29) is 18.9 Å². The second-order valence-electron chi connectivity index (χ2n) is 4.65. The molecule has 0 saturated carbocycles. The van der Waals surface area contributed by atoms with E-state index < -0.39 is 5.92 Å². The van der Waals surface area contributed by atoms with Crippen LogP contribution in [0.2, 0.25) is 0 Å². The maximum Gasteiger partial charge on any atom is 0.250 e. The van der Waals surface area contributed by atoms with Gasteiger partial charge in [-0.15, -0.1) is 11.3 Å². The van der Waals surface area contributed by atoms with Crippen molar-refractivity contribution in [3.63, 3.8) is 0 Å². The Morgan fingerprint density at radius 3 is 2.67 bits per heavy atom. The van der Waals surface area contributed by atoms with E-state index in [1.165, 1.54) is 0 Å². The predicted octanol–water partition coefficient (Wildman–Crippen LogP) is 2.44. The van der Waals surface area contributed by atoms with Gasteiger partial charge in [0.05, 0.1) is 11.0 Å². The molecule has 1 unspecified atom stereocenters. The molecule has 0 aromatic carbocycles. The molecule has 18 heavy (non-hydrogen) atoms. The summed E-state index contributed by atoms with van der Waals surface area (Å²) >= 11 is 1.64. The number of hydrogen-bond acceptors (Lipinski definition) is 4. The van der Waals surface area contributed by atoms with Gasteiger partial charge in [0.2, 0.25) is 0 Å². The van der Waals surface area contributed by atoms with Crippen LogP contribution in [0.1, 0.15) is 35.7 Å². The SMILES string of the molecule is CCc1ncc(C(CN)N2CCC(F)(F)CC2)s1. The molecule has 2 rings (SSSR count). The van der Waals surface area contributed by atoms with Crippen molar-refractivity contribution in [1.29, 1.82) is 0 Å². The Morgan fingerprint density at radius 2 is 2.17 bits per heavy atom. The number of nitrogens with two attached hydrogens (primary N) is 1. The number of piperidine rings is 1. The second-order valence-corrected chi connectivity index (χ2v) is 5.80. The molecule has 0 amide bonds. The summed E-state index contributed by atoms with van der Waals surface area (Å²) in [6.07, 6.45) is 2.61. The van der Waals surface area contributed by atoms with E-state index in [2.05, 4.69) is 16.8 Å². The van der Waals surface area contributed by atoms with Crippen LogP contribution in [-0.4, -0.2) is 35.4 Å². The molecule has 2 heterocycles. The molecule has 1 aliphatic rings. The zero-order valence-corrected chi connectivity index (χ0v) is 11.3. The Kier molecular flexibility index (Phi) is 4.29. The Labute approximate surface area is 110 Å². The first-order valence-electron chi connectivity index (χ1n) is 6.32. The smallest absolute Gasteiger partial charge is 0.250 e. The van der Waals surface area contributed by atoms with Gasteiger partial charge in [0.25, 0.3) is 5.92 Å². The molecule has 0 spiro atoms. The lowest BCUT2D eigenvalue weighted by molar-refractivity contribution is -0.0625. The summed E-state index contributed by atoms with van der Waals surface area (Å²) in [6.45, 7) is 3.33. The monoisotopic (exact) mass is 275 g/mol. The predicted molar refractivity (Wildman–Crippen MR) is 69.0 cm³/mol. The average molecular weight is 275 g/mol. The Morgan fingerprint density at radius 1 is 1.50 bits per heavy atom. The highest BCUT2D eigenvalue weighted by atomic mass is 32.1. The van der Waals surface area contributed by atoms with Crippen LogP contribution < -0.4 is 5.73 Å². The number of thiazole rings is 1. The maximum absolute atomic E-state index is 13.1. The van der Waals surface area contributed by atoms with E-state index in [9.17, 15) is 8.78 Å². The quantitative estimate of drug-likeness (QED) is 0.917. The largest absolute Gasteiger partial charge is 0.329 e. The highest BCUT2D eigenvalue weighted by molar-refractivity contribution is 7.11. The lowest BCUT2D eigenvalue weighted by atomic mass is 10.0. The summed E-state index contributed by atoms with van der Waals surface area (Å²) in [5, 5.41) is 1.07. The van der Waals surface area contributed by atoms with Crippen LogP contribution in [0, 0.1) is 0 Å². The van der Waals surface area contributed by atoms with Crippen molar-refractivity contribution in [2.45, 2.75) is 38.2 Å². The van der Waals surface area contributed by atoms with Gasteiger partial charge >= 0.3 is 0 Å². The normalized spacial score (nSPS) is 22.0. The van der Waals surface area contributed by atoms with Crippen molar-refractivity contribution in [2.24, 2.45) is 5.73 Å². The van der Waals surface area contributed by atoms with Gasteiger partial charge in [0, 0.05) is 43.5 Å². The molecule has 1 fully saturated rings. The molecule has 0 bridgehead atoms. The highest BCUT2D eigenvalue weighted by Crippen LogP contribution is 2.33. The summed E-state index contributed by atoms with van der Waals surface area (Å²) in [4.78, 5) is 7.47. The van der Waals surface area contributed by atoms with Crippen LogP contribution in [0.15, 0.2) is 6.20 Å². The van der Waals surface area contributed by atoms with Gasteiger partial charge in [-0.25, -0.2) is 13.8 Å².